The first-order chi connectivity index (χ1) is 11.4. The molecule has 0 aromatic heterocycles. The molecule has 0 spiro atoms. The lowest BCUT2D eigenvalue weighted by atomic mass is 10.1. The number of hydrogen-bond acceptors (Lipinski definition) is 3. The molecule has 2 rings (SSSR count). The van der Waals surface area contributed by atoms with Gasteiger partial charge in [0.15, 0.2) is 5.78 Å². The maximum atomic E-state index is 12.6. The fourth-order valence-electron chi connectivity index (χ4n) is 2.25. The summed E-state index contributed by atoms with van der Waals surface area (Å²) in [4.78, 5) is 24.2. The molecule has 0 unspecified atom stereocenters. The van der Waals surface area contributed by atoms with Crippen molar-refractivity contribution in [3.05, 3.63) is 59.2 Å². The summed E-state index contributed by atoms with van der Waals surface area (Å²) >= 11 is 0. The van der Waals surface area contributed by atoms with Crippen molar-refractivity contribution in [2.75, 3.05) is 11.9 Å². The van der Waals surface area contributed by atoms with E-state index in [4.69, 9.17) is 4.74 Å². The van der Waals surface area contributed by atoms with Crippen LogP contribution in [0.15, 0.2) is 42.5 Å². The molecular weight excluding hydrogens is 302 g/mol. The van der Waals surface area contributed by atoms with Crippen molar-refractivity contribution < 1.29 is 14.3 Å². The number of ether oxygens (including phenoxy) is 1. The number of ketones is 1. The molecule has 1 N–H and O–H groups in total. The molecule has 0 aliphatic rings. The second-order valence-electron chi connectivity index (χ2n) is 6.24. The number of hydrogen-bond donors (Lipinski definition) is 1. The molecule has 0 aliphatic carbocycles. The number of carbonyl (C=O) groups is 2. The molecule has 0 radical (unpaired) electrons. The normalized spacial score (nSPS) is 10.5. The van der Waals surface area contributed by atoms with Gasteiger partial charge in [-0.3, -0.25) is 9.59 Å². The summed E-state index contributed by atoms with van der Waals surface area (Å²) in [6.07, 6.45) is 0. The first kappa shape index (κ1) is 17.7. The molecule has 24 heavy (non-hydrogen) atoms. The number of carbonyl (C=O) groups excluding carboxylic acids is 2. The third kappa shape index (κ3) is 4.44. The molecule has 0 heterocycles. The summed E-state index contributed by atoms with van der Waals surface area (Å²) in [6.45, 7) is 8.02. The van der Waals surface area contributed by atoms with E-state index in [0.29, 0.717) is 35.1 Å². The number of nitrogens with one attached hydrogen (secondary N) is 1. The van der Waals surface area contributed by atoms with Gasteiger partial charge in [-0.1, -0.05) is 32.0 Å². The first-order valence-corrected chi connectivity index (χ1v) is 8.03. The van der Waals surface area contributed by atoms with Gasteiger partial charge in [-0.2, -0.15) is 0 Å². The highest BCUT2D eigenvalue weighted by Crippen LogP contribution is 2.27. The molecule has 4 nitrogen and oxygen atoms in total. The van der Waals surface area contributed by atoms with E-state index in [2.05, 4.69) is 19.2 Å². The lowest BCUT2D eigenvalue weighted by molar-refractivity contribution is 0.101. The number of amides is 1. The third-order valence-electron chi connectivity index (χ3n) is 3.60. The maximum Gasteiger partial charge on any atom is 0.256 e. The predicted octanol–water partition coefficient (Wildman–Crippen LogP) is 4.48. The van der Waals surface area contributed by atoms with E-state index in [1.807, 2.05) is 25.1 Å². The first-order valence-electron chi connectivity index (χ1n) is 8.03. The minimum Gasteiger partial charge on any atom is -0.491 e. The highest BCUT2D eigenvalue weighted by Gasteiger charge is 2.14. The summed E-state index contributed by atoms with van der Waals surface area (Å²) in [5, 5.41) is 2.87. The standard InChI is InChI=1S/C20H23NO3/c1-13(2)12-24-19-10-9-16(15(4)22)11-18(19)21-20(23)17-8-6-5-7-14(17)3/h5-11,13H,12H2,1-4H3,(H,21,23). The average molecular weight is 325 g/mol. The topological polar surface area (TPSA) is 55.4 Å². The van der Waals surface area contributed by atoms with Crippen molar-refractivity contribution >= 4 is 17.4 Å². The SMILES string of the molecule is CC(=O)c1ccc(OCC(C)C)c(NC(=O)c2ccccc2C)c1. The van der Waals surface area contributed by atoms with Crippen LogP contribution in [0.1, 0.15) is 47.1 Å². The van der Waals surface area contributed by atoms with Gasteiger partial charge in [0.2, 0.25) is 0 Å². The van der Waals surface area contributed by atoms with Gasteiger partial charge in [0.1, 0.15) is 5.75 Å². The van der Waals surface area contributed by atoms with Crippen LogP contribution in [-0.2, 0) is 0 Å². The summed E-state index contributed by atoms with van der Waals surface area (Å²) in [6, 6.07) is 12.5. The zero-order chi connectivity index (χ0) is 17.7. The van der Waals surface area contributed by atoms with Crippen LogP contribution in [0.5, 0.6) is 5.75 Å². The van der Waals surface area contributed by atoms with Gasteiger partial charge in [0.05, 0.1) is 12.3 Å². The summed E-state index contributed by atoms with van der Waals surface area (Å²) < 4.78 is 5.77. The number of rotatable bonds is 6. The van der Waals surface area contributed by atoms with E-state index < -0.39 is 0 Å². The van der Waals surface area contributed by atoms with Gasteiger partial charge in [-0.15, -0.1) is 0 Å². The van der Waals surface area contributed by atoms with E-state index in [1.165, 1.54) is 6.92 Å². The Kier molecular flexibility index (Phi) is 5.74. The van der Waals surface area contributed by atoms with Crippen molar-refractivity contribution in [2.45, 2.75) is 27.7 Å². The second kappa shape index (κ2) is 7.77. The molecule has 4 heteroatoms. The van der Waals surface area contributed by atoms with Crippen LogP contribution in [0.4, 0.5) is 5.69 Å². The van der Waals surface area contributed by atoms with Crippen molar-refractivity contribution in [1.29, 1.82) is 0 Å². The van der Waals surface area contributed by atoms with Crippen LogP contribution < -0.4 is 10.1 Å². The highest BCUT2D eigenvalue weighted by molar-refractivity contribution is 6.06. The van der Waals surface area contributed by atoms with E-state index >= 15 is 0 Å². The quantitative estimate of drug-likeness (QED) is 0.796. The van der Waals surface area contributed by atoms with Gasteiger partial charge in [0, 0.05) is 11.1 Å². The lowest BCUT2D eigenvalue weighted by Gasteiger charge is -2.15. The summed E-state index contributed by atoms with van der Waals surface area (Å²) in [7, 11) is 0. The largest absolute Gasteiger partial charge is 0.491 e. The molecule has 0 aliphatic heterocycles. The van der Waals surface area contributed by atoms with Gasteiger partial charge >= 0.3 is 0 Å². The fourth-order valence-corrected chi connectivity index (χ4v) is 2.25. The Morgan fingerprint density at radius 2 is 1.83 bits per heavy atom. The Balaban J connectivity index is 2.31. The molecule has 1 amide bonds. The van der Waals surface area contributed by atoms with Crippen LogP contribution in [-0.4, -0.2) is 18.3 Å². The zero-order valence-electron chi connectivity index (χ0n) is 14.6. The molecule has 2 aromatic carbocycles. The van der Waals surface area contributed by atoms with Crippen molar-refractivity contribution in [2.24, 2.45) is 5.92 Å². The van der Waals surface area contributed by atoms with E-state index in [1.54, 1.807) is 24.3 Å². The third-order valence-corrected chi connectivity index (χ3v) is 3.60. The molecule has 0 atom stereocenters. The fraction of sp³-hybridized carbons (Fsp3) is 0.300. The Morgan fingerprint density at radius 1 is 1.12 bits per heavy atom. The number of Topliss-reactive ketones (excluding diaryl/α,β-unsaturated/α-hetero) is 1. The molecular formula is C20H23NO3. The van der Waals surface area contributed by atoms with Crippen molar-refractivity contribution in [3.63, 3.8) is 0 Å². The molecule has 126 valence electrons. The molecule has 0 saturated heterocycles. The Hall–Kier alpha value is -2.62. The van der Waals surface area contributed by atoms with Crippen molar-refractivity contribution in [1.82, 2.24) is 0 Å². The summed E-state index contributed by atoms with van der Waals surface area (Å²) in [5.41, 5.74) is 2.53. The monoisotopic (exact) mass is 325 g/mol. The molecule has 0 fully saturated rings. The second-order valence-corrected chi connectivity index (χ2v) is 6.24. The summed E-state index contributed by atoms with van der Waals surface area (Å²) in [5.74, 6) is 0.646. The molecule has 0 bridgehead atoms. The van der Waals surface area contributed by atoms with Crippen LogP contribution in [0.25, 0.3) is 0 Å². The lowest BCUT2D eigenvalue weighted by Crippen LogP contribution is -2.15. The maximum absolute atomic E-state index is 12.6. The Labute approximate surface area is 142 Å². The average Bonchev–Trinajstić information content (AvgIpc) is 2.53. The minimum absolute atomic E-state index is 0.0585. The van der Waals surface area contributed by atoms with Crippen molar-refractivity contribution in [3.8, 4) is 5.75 Å². The smallest absolute Gasteiger partial charge is 0.256 e. The zero-order valence-corrected chi connectivity index (χ0v) is 14.6. The van der Waals surface area contributed by atoms with Gasteiger partial charge in [-0.05, 0) is 49.6 Å². The van der Waals surface area contributed by atoms with Crippen LogP contribution >= 0.6 is 0 Å². The van der Waals surface area contributed by atoms with E-state index in [9.17, 15) is 9.59 Å². The predicted molar refractivity (Wildman–Crippen MR) is 95.9 cm³/mol. The molecule has 0 saturated carbocycles. The Morgan fingerprint density at radius 3 is 2.46 bits per heavy atom. The number of anilines is 1. The molecule has 2 aromatic rings. The van der Waals surface area contributed by atoms with Gasteiger partial charge in [0.25, 0.3) is 5.91 Å². The van der Waals surface area contributed by atoms with Crippen LogP contribution in [0.3, 0.4) is 0 Å². The number of benzene rings is 2. The number of aryl methyl sites for hydroxylation is 1. The van der Waals surface area contributed by atoms with Crippen LogP contribution in [0, 0.1) is 12.8 Å². The minimum atomic E-state index is -0.219. The van der Waals surface area contributed by atoms with Crippen LogP contribution in [0.2, 0.25) is 0 Å². The van der Waals surface area contributed by atoms with Gasteiger partial charge in [-0.25, -0.2) is 0 Å². The highest BCUT2D eigenvalue weighted by atomic mass is 16.5. The van der Waals surface area contributed by atoms with E-state index in [0.717, 1.165) is 5.56 Å². The Bertz CT molecular complexity index is 750. The van der Waals surface area contributed by atoms with Gasteiger partial charge < -0.3 is 10.1 Å². The van der Waals surface area contributed by atoms with E-state index in [-0.39, 0.29) is 11.7 Å².